The highest BCUT2D eigenvalue weighted by atomic mass is 35.5. The van der Waals surface area contributed by atoms with E-state index in [2.05, 4.69) is 5.32 Å². The normalized spacial score (nSPS) is 23.3. The number of likely N-dealkylation sites (tertiary alicyclic amines) is 1. The fraction of sp³-hybridized carbons (Fsp3) is 0.636. The van der Waals surface area contributed by atoms with Gasteiger partial charge in [-0.3, -0.25) is 9.59 Å². The van der Waals surface area contributed by atoms with Crippen LogP contribution in [0.3, 0.4) is 0 Å². The van der Waals surface area contributed by atoms with E-state index in [9.17, 15) is 9.59 Å². The van der Waals surface area contributed by atoms with Gasteiger partial charge in [0.15, 0.2) is 0 Å². The lowest BCUT2D eigenvalue weighted by Crippen LogP contribution is -2.44. The predicted molar refractivity (Wildman–Crippen MR) is 110 cm³/mol. The average molecular weight is 421 g/mol. The molecule has 158 valence electrons. The number of carbonyl (C=O) groups excluding carboxylic acids is 2. The molecular formula is C22H29ClN2O4. The van der Waals surface area contributed by atoms with E-state index >= 15 is 0 Å². The van der Waals surface area contributed by atoms with Gasteiger partial charge in [0.05, 0.1) is 17.5 Å². The Morgan fingerprint density at radius 1 is 1.10 bits per heavy atom. The Bertz CT molecular complexity index is 736. The Balaban J connectivity index is 1.28. The number of hydrogen-bond acceptors (Lipinski definition) is 4. The van der Waals surface area contributed by atoms with Gasteiger partial charge < -0.3 is 19.7 Å². The zero-order valence-electron chi connectivity index (χ0n) is 16.7. The summed E-state index contributed by atoms with van der Waals surface area (Å²) in [6.45, 7) is 2.62. The van der Waals surface area contributed by atoms with E-state index in [0.717, 1.165) is 32.1 Å². The minimum atomic E-state index is -0.0759. The van der Waals surface area contributed by atoms with Crippen LogP contribution in [0.2, 0.25) is 5.02 Å². The molecule has 4 rings (SSSR count). The Hall–Kier alpha value is -1.79. The molecule has 0 spiro atoms. The van der Waals surface area contributed by atoms with Crippen molar-refractivity contribution < 1.29 is 19.1 Å². The van der Waals surface area contributed by atoms with Gasteiger partial charge in [0.25, 0.3) is 5.91 Å². The second-order valence-corrected chi connectivity index (χ2v) is 8.71. The summed E-state index contributed by atoms with van der Waals surface area (Å²) >= 11 is 6.39. The van der Waals surface area contributed by atoms with Crippen LogP contribution < -0.4 is 10.1 Å². The first kappa shape index (κ1) is 20.5. The highest BCUT2D eigenvalue weighted by molar-refractivity contribution is 6.32. The van der Waals surface area contributed by atoms with Crippen LogP contribution in [0.1, 0.15) is 55.3 Å². The van der Waals surface area contributed by atoms with Crippen molar-refractivity contribution in [3.05, 3.63) is 28.8 Å². The lowest BCUT2D eigenvalue weighted by atomic mass is 10.0. The Kier molecular flexibility index (Phi) is 6.60. The van der Waals surface area contributed by atoms with Crippen LogP contribution in [0.5, 0.6) is 5.75 Å². The Labute approximate surface area is 176 Å². The average Bonchev–Trinajstić information content (AvgIpc) is 3.44. The van der Waals surface area contributed by atoms with E-state index in [1.165, 1.54) is 12.8 Å². The molecule has 6 nitrogen and oxygen atoms in total. The van der Waals surface area contributed by atoms with Gasteiger partial charge in [-0.25, -0.2) is 0 Å². The molecule has 1 N–H and O–H groups in total. The number of amides is 2. The van der Waals surface area contributed by atoms with E-state index in [4.69, 9.17) is 21.1 Å². The van der Waals surface area contributed by atoms with Crippen LogP contribution in [-0.2, 0) is 9.53 Å². The third-order valence-electron chi connectivity index (χ3n) is 6.21. The Morgan fingerprint density at radius 2 is 1.86 bits per heavy atom. The van der Waals surface area contributed by atoms with Crippen molar-refractivity contribution in [3.63, 3.8) is 0 Å². The first-order chi connectivity index (χ1) is 14.1. The summed E-state index contributed by atoms with van der Waals surface area (Å²) in [4.78, 5) is 26.8. The second-order valence-electron chi connectivity index (χ2n) is 8.30. The number of nitrogens with one attached hydrogen (secondary N) is 1. The highest BCUT2D eigenvalue weighted by Crippen LogP contribution is 2.29. The fourth-order valence-corrected chi connectivity index (χ4v) is 4.66. The lowest BCUT2D eigenvalue weighted by molar-refractivity contribution is -0.137. The molecule has 1 aromatic carbocycles. The molecule has 0 radical (unpaired) electrons. The molecule has 2 saturated heterocycles. The zero-order valence-corrected chi connectivity index (χ0v) is 17.5. The molecule has 29 heavy (non-hydrogen) atoms. The molecule has 0 aromatic heterocycles. The first-order valence-corrected chi connectivity index (χ1v) is 11.1. The SMILES string of the molecule is O=C(NC1CCCC1)c1ccc(OC2CCN(C(=O)[C@@H]3CCOC3)CC2)c(Cl)c1. The highest BCUT2D eigenvalue weighted by Gasteiger charge is 2.31. The molecule has 2 heterocycles. The summed E-state index contributed by atoms with van der Waals surface area (Å²) in [6.07, 6.45) is 6.86. The van der Waals surface area contributed by atoms with Crippen LogP contribution in [-0.4, -0.2) is 55.2 Å². The van der Waals surface area contributed by atoms with Gasteiger partial charge in [-0.1, -0.05) is 24.4 Å². The number of carbonyl (C=O) groups is 2. The van der Waals surface area contributed by atoms with Gasteiger partial charge in [0, 0.05) is 44.1 Å². The fourth-order valence-electron chi connectivity index (χ4n) is 4.44. The van der Waals surface area contributed by atoms with Crippen LogP contribution >= 0.6 is 11.6 Å². The summed E-state index contributed by atoms with van der Waals surface area (Å²) in [7, 11) is 0. The van der Waals surface area contributed by atoms with Gasteiger partial charge in [-0.15, -0.1) is 0 Å². The smallest absolute Gasteiger partial charge is 0.251 e. The molecule has 1 atom stereocenters. The number of rotatable bonds is 5. The summed E-state index contributed by atoms with van der Waals surface area (Å²) in [6, 6.07) is 5.50. The number of piperidine rings is 1. The summed E-state index contributed by atoms with van der Waals surface area (Å²) in [5.41, 5.74) is 0.563. The summed E-state index contributed by atoms with van der Waals surface area (Å²) in [5, 5.41) is 3.53. The minimum absolute atomic E-state index is 0.0184. The van der Waals surface area contributed by atoms with Gasteiger partial charge >= 0.3 is 0 Å². The van der Waals surface area contributed by atoms with Gasteiger partial charge in [0.1, 0.15) is 11.9 Å². The number of halogens is 1. The molecule has 0 bridgehead atoms. The van der Waals surface area contributed by atoms with Crippen molar-refractivity contribution >= 4 is 23.4 Å². The summed E-state index contributed by atoms with van der Waals surface area (Å²) in [5.74, 6) is 0.743. The quantitative estimate of drug-likeness (QED) is 0.792. The predicted octanol–water partition coefficient (Wildman–Crippen LogP) is 3.42. The molecule has 0 unspecified atom stereocenters. The minimum Gasteiger partial charge on any atom is -0.489 e. The second kappa shape index (κ2) is 9.35. The van der Waals surface area contributed by atoms with Crippen molar-refractivity contribution in [2.75, 3.05) is 26.3 Å². The maximum atomic E-state index is 12.5. The molecule has 3 fully saturated rings. The summed E-state index contributed by atoms with van der Waals surface area (Å²) < 4.78 is 11.4. The topological polar surface area (TPSA) is 67.9 Å². The lowest BCUT2D eigenvalue weighted by Gasteiger charge is -2.33. The standard InChI is InChI=1S/C22H29ClN2O4/c23-19-13-15(21(26)24-17-3-1-2-4-17)5-6-20(19)29-18-7-10-25(11-8-18)22(27)16-9-12-28-14-16/h5-6,13,16-18H,1-4,7-12,14H2,(H,24,26)/t16-/m1/s1. The zero-order chi connectivity index (χ0) is 20.2. The molecule has 1 aromatic rings. The monoisotopic (exact) mass is 420 g/mol. The number of hydrogen-bond donors (Lipinski definition) is 1. The number of benzene rings is 1. The molecule has 7 heteroatoms. The molecule has 2 amide bonds. The van der Waals surface area contributed by atoms with Gasteiger partial charge in [-0.2, -0.15) is 0 Å². The molecule has 3 aliphatic rings. The maximum absolute atomic E-state index is 12.5. The number of ether oxygens (including phenoxy) is 2. The van der Waals surface area contributed by atoms with Crippen LogP contribution in [0.4, 0.5) is 0 Å². The van der Waals surface area contributed by atoms with Crippen LogP contribution in [0.15, 0.2) is 18.2 Å². The third-order valence-corrected chi connectivity index (χ3v) is 6.51. The molecule has 1 saturated carbocycles. The van der Waals surface area contributed by atoms with Crippen molar-refractivity contribution in [1.82, 2.24) is 10.2 Å². The van der Waals surface area contributed by atoms with Crippen molar-refractivity contribution in [2.24, 2.45) is 5.92 Å². The van der Waals surface area contributed by atoms with E-state index in [1.807, 2.05) is 4.90 Å². The van der Waals surface area contributed by atoms with Crippen molar-refractivity contribution in [2.45, 2.75) is 57.1 Å². The van der Waals surface area contributed by atoms with Crippen LogP contribution in [0, 0.1) is 5.92 Å². The third kappa shape index (κ3) is 5.04. The van der Waals surface area contributed by atoms with Crippen molar-refractivity contribution in [3.8, 4) is 5.75 Å². The van der Waals surface area contributed by atoms with E-state index in [1.54, 1.807) is 18.2 Å². The van der Waals surface area contributed by atoms with Crippen molar-refractivity contribution in [1.29, 1.82) is 0 Å². The number of nitrogens with zero attached hydrogens (tertiary/aromatic N) is 1. The maximum Gasteiger partial charge on any atom is 0.251 e. The van der Waals surface area contributed by atoms with Gasteiger partial charge in [-0.05, 0) is 37.5 Å². The van der Waals surface area contributed by atoms with E-state index in [0.29, 0.717) is 42.6 Å². The van der Waals surface area contributed by atoms with Crippen LogP contribution in [0.25, 0.3) is 0 Å². The van der Waals surface area contributed by atoms with Gasteiger partial charge in [0.2, 0.25) is 5.91 Å². The van der Waals surface area contributed by atoms with E-state index in [-0.39, 0.29) is 29.9 Å². The first-order valence-electron chi connectivity index (χ1n) is 10.7. The molecular weight excluding hydrogens is 392 g/mol. The largest absolute Gasteiger partial charge is 0.489 e. The Morgan fingerprint density at radius 3 is 2.52 bits per heavy atom. The van der Waals surface area contributed by atoms with E-state index < -0.39 is 0 Å². The molecule has 2 aliphatic heterocycles. The molecule has 1 aliphatic carbocycles.